The van der Waals surface area contributed by atoms with E-state index in [9.17, 15) is 18.0 Å². The zero-order valence-corrected chi connectivity index (χ0v) is 11.1. The molecule has 1 rings (SSSR count). The number of methoxy groups -OCH3 is 1. The number of carbonyl (C=O) groups is 2. The van der Waals surface area contributed by atoms with Crippen molar-refractivity contribution < 1.29 is 22.7 Å². The lowest BCUT2D eigenvalue weighted by atomic mass is 9.85. The molecule has 0 amide bonds. The summed E-state index contributed by atoms with van der Waals surface area (Å²) in [4.78, 5) is 23.6. The van der Waals surface area contributed by atoms with Gasteiger partial charge in [0, 0.05) is 5.92 Å². The third-order valence-electron chi connectivity index (χ3n) is 3.06. The maximum absolute atomic E-state index is 12.1. The van der Waals surface area contributed by atoms with Crippen LogP contribution in [0.3, 0.4) is 0 Å². The second-order valence-electron chi connectivity index (χ2n) is 4.75. The van der Waals surface area contributed by atoms with Crippen molar-refractivity contribution in [3.63, 3.8) is 0 Å². The van der Waals surface area contributed by atoms with Gasteiger partial charge in [0.1, 0.15) is 5.92 Å². The predicted molar refractivity (Wildman–Crippen MR) is 62.1 cm³/mol. The molecule has 0 bridgehead atoms. The van der Waals surface area contributed by atoms with Gasteiger partial charge < -0.3 is 4.74 Å². The zero-order valence-electron chi connectivity index (χ0n) is 10.3. The number of ketones is 1. The lowest BCUT2D eigenvalue weighted by molar-refractivity contribution is -0.152. The summed E-state index contributed by atoms with van der Waals surface area (Å²) in [6, 6.07) is 0. The SMILES string of the molecule is COC(=O)C(C(=O)C1CCS(=O)(=O)C1)C(C)C. The van der Waals surface area contributed by atoms with Crippen LogP contribution in [0.2, 0.25) is 0 Å². The fraction of sp³-hybridized carbons (Fsp3) is 0.818. The topological polar surface area (TPSA) is 77.5 Å². The summed E-state index contributed by atoms with van der Waals surface area (Å²) in [5.41, 5.74) is 0. The highest BCUT2D eigenvalue weighted by atomic mass is 32.2. The Bertz CT molecular complexity index is 410. The lowest BCUT2D eigenvalue weighted by Crippen LogP contribution is -2.35. The van der Waals surface area contributed by atoms with Crippen LogP contribution in [-0.4, -0.2) is 38.8 Å². The van der Waals surface area contributed by atoms with Crippen LogP contribution >= 0.6 is 0 Å². The van der Waals surface area contributed by atoms with E-state index in [-0.39, 0.29) is 23.2 Å². The highest BCUT2D eigenvalue weighted by Crippen LogP contribution is 2.26. The predicted octanol–water partition coefficient (Wildman–Crippen LogP) is 0.435. The summed E-state index contributed by atoms with van der Waals surface area (Å²) in [5.74, 6) is -2.55. The molecule has 17 heavy (non-hydrogen) atoms. The summed E-state index contributed by atoms with van der Waals surface area (Å²) in [6.07, 6.45) is 0.321. The van der Waals surface area contributed by atoms with Crippen molar-refractivity contribution >= 4 is 21.6 Å². The standard InChI is InChI=1S/C11H18O5S/c1-7(2)9(11(13)16-3)10(12)8-4-5-17(14,15)6-8/h7-9H,4-6H2,1-3H3. The number of rotatable bonds is 4. The molecule has 1 aliphatic rings. The van der Waals surface area contributed by atoms with Gasteiger partial charge in [-0.15, -0.1) is 0 Å². The van der Waals surface area contributed by atoms with Gasteiger partial charge in [-0.25, -0.2) is 8.42 Å². The van der Waals surface area contributed by atoms with Crippen LogP contribution in [-0.2, 0) is 24.2 Å². The Hall–Kier alpha value is -0.910. The Morgan fingerprint density at radius 1 is 1.29 bits per heavy atom. The Kier molecular flexibility index (Phi) is 4.30. The first kappa shape index (κ1) is 14.2. The molecule has 0 saturated carbocycles. The van der Waals surface area contributed by atoms with Crippen molar-refractivity contribution in [2.45, 2.75) is 20.3 Å². The molecule has 2 atom stereocenters. The Balaban J connectivity index is 2.83. The molecule has 5 nitrogen and oxygen atoms in total. The molecule has 6 heteroatoms. The molecule has 1 fully saturated rings. The van der Waals surface area contributed by atoms with Gasteiger partial charge in [0.2, 0.25) is 0 Å². The van der Waals surface area contributed by atoms with E-state index in [1.165, 1.54) is 7.11 Å². The minimum Gasteiger partial charge on any atom is -0.468 e. The first-order valence-corrected chi connectivity index (χ1v) is 7.42. The summed E-state index contributed by atoms with van der Waals surface area (Å²) >= 11 is 0. The van der Waals surface area contributed by atoms with Crippen LogP contribution in [0, 0.1) is 17.8 Å². The molecule has 98 valence electrons. The van der Waals surface area contributed by atoms with E-state index in [2.05, 4.69) is 4.74 Å². The largest absolute Gasteiger partial charge is 0.468 e. The molecule has 1 heterocycles. The van der Waals surface area contributed by atoms with E-state index in [4.69, 9.17) is 0 Å². The van der Waals surface area contributed by atoms with Gasteiger partial charge in [-0.05, 0) is 12.3 Å². The third kappa shape index (κ3) is 3.28. The van der Waals surface area contributed by atoms with Crippen LogP contribution in [0.15, 0.2) is 0 Å². The van der Waals surface area contributed by atoms with E-state index >= 15 is 0 Å². The minimum absolute atomic E-state index is 0.0371. The highest BCUT2D eigenvalue weighted by Gasteiger charge is 2.40. The number of esters is 1. The lowest BCUT2D eigenvalue weighted by Gasteiger charge is -2.19. The van der Waals surface area contributed by atoms with Crippen LogP contribution in [0.25, 0.3) is 0 Å². The smallest absolute Gasteiger partial charge is 0.316 e. The molecule has 1 saturated heterocycles. The first-order chi connectivity index (χ1) is 7.78. The molecule has 0 aromatic carbocycles. The van der Waals surface area contributed by atoms with Gasteiger partial charge in [-0.3, -0.25) is 9.59 Å². The first-order valence-electron chi connectivity index (χ1n) is 5.60. The van der Waals surface area contributed by atoms with Crippen molar-refractivity contribution in [3.8, 4) is 0 Å². The normalized spacial score (nSPS) is 24.6. The van der Waals surface area contributed by atoms with E-state index in [0.717, 1.165) is 0 Å². The number of ether oxygens (including phenoxy) is 1. The summed E-state index contributed by atoms with van der Waals surface area (Å²) in [7, 11) is -1.87. The number of sulfone groups is 1. The maximum Gasteiger partial charge on any atom is 0.316 e. The van der Waals surface area contributed by atoms with Crippen molar-refractivity contribution in [1.29, 1.82) is 0 Å². The Morgan fingerprint density at radius 2 is 1.88 bits per heavy atom. The van der Waals surface area contributed by atoms with Gasteiger partial charge >= 0.3 is 5.97 Å². The quantitative estimate of drug-likeness (QED) is 0.542. The summed E-state index contributed by atoms with van der Waals surface area (Å²) < 4.78 is 27.2. The second-order valence-corrected chi connectivity index (χ2v) is 6.98. The van der Waals surface area contributed by atoms with Crippen molar-refractivity contribution in [3.05, 3.63) is 0 Å². The molecule has 0 radical (unpaired) electrons. The molecule has 2 unspecified atom stereocenters. The average molecular weight is 262 g/mol. The van der Waals surface area contributed by atoms with Gasteiger partial charge in [0.25, 0.3) is 0 Å². The molecule has 0 N–H and O–H groups in total. The van der Waals surface area contributed by atoms with Crippen LogP contribution in [0.5, 0.6) is 0 Å². The molecule has 0 aromatic rings. The second kappa shape index (κ2) is 5.16. The third-order valence-corrected chi connectivity index (χ3v) is 4.83. The number of Topliss-reactive ketones (excluding diaryl/α,β-unsaturated/α-hetero) is 1. The molecule has 1 aliphatic heterocycles. The molecule has 0 spiro atoms. The monoisotopic (exact) mass is 262 g/mol. The zero-order chi connectivity index (χ0) is 13.2. The van der Waals surface area contributed by atoms with Gasteiger partial charge in [-0.1, -0.05) is 13.8 Å². The van der Waals surface area contributed by atoms with Gasteiger partial charge in [0.15, 0.2) is 15.6 Å². The van der Waals surface area contributed by atoms with Gasteiger partial charge in [-0.2, -0.15) is 0 Å². The fourth-order valence-electron chi connectivity index (χ4n) is 2.12. The van der Waals surface area contributed by atoms with Crippen LogP contribution in [0.4, 0.5) is 0 Å². The molecule has 0 aromatic heterocycles. The van der Waals surface area contributed by atoms with E-state index in [1.807, 2.05) is 0 Å². The van der Waals surface area contributed by atoms with Crippen LogP contribution in [0.1, 0.15) is 20.3 Å². The van der Waals surface area contributed by atoms with Gasteiger partial charge in [0.05, 0.1) is 18.6 Å². The summed E-state index contributed by atoms with van der Waals surface area (Å²) in [5, 5.41) is 0. The number of carbonyl (C=O) groups excluding carboxylic acids is 2. The average Bonchev–Trinajstić information content (AvgIpc) is 2.58. The van der Waals surface area contributed by atoms with Crippen molar-refractivity contribution in [2.75, 3.05) is 18.6 Å². The molecule has 0 aliphatic carbocycles. The minimum atomic E-state index is -3.11. The van der Waals surface area contributed by atoms with Crippen molar-refractivity contribution in [2.24, 2.45) is 17.8 Å². The van der Waals surface area contributed by atoms with E-state index in [1.54, 1.807) is 13.8 Å². The molecular formula is C11H18O5S. The Labute approximate surface area is 101 Å². The number of hydrogen-bond donors (Lipinski definition) is 0. The maximum atomic E-state index is 12.1. The van der Waals surface area contributed by atoms with Crippen molar-refractivity contribution in [1.82, 2.24) is 0 Å². The van der Waals surface area contributed by atoms with Crippen LogP contribution < -0.4 is 0 Å². The molecular weight excluding hydrogens is 244 g/mol. The number of hydrogen-bond acceptors (Lipinski definition) is 5. The fourth-order valence-corrected chi connectivity index (χ4v) is 3.87. The van der Waals surface area contributed by atoms with E-state index < -0.39 is 27.6 Å². The van der Waals surface area contributed by atoms with E-state index in [0.29, 0.717) is 6.42 Å². The highest BCUT2D eigenvalue weighted by molar-refractivity contribution is 7.91. The summed E-state index contributed by atoms with van der Waals surface area (Å²) in [6.45, 7) is 3.51. The Morgan fingerprint density at radius 3 is 2.24 bits per heavy atom.